The summed E-state index contributed by atoms with van der Waals surface area (Å²) in [6, 6.07) is 10.6. The normalized spacial score (nSPS) is 18.5. The lowest BCUT2D eigenvalue weighted by Crippen LogP contribution is -2.31. The maximum absolute atomic E-state index is 5.81. The van der Waals surface area contributed by atoms with Crippen LogP contribution in [0.5, 0.6) is 0 Å². The van der Waals surface area contributed by atoms with Crippen molar-refractivity contribution in [1.29, 1.82) is 0 Å². The molecule has 3 heterocycles. The van der Waals surface area contributed by atoms with Crippen LogP contribution >= 0.6 is 11.3 Å². The van der Waals surface area contributed by atoms with Gasteiger partial charge in [0.15, 0.2) is 0 Å². The Morgan fingerprint density at radius 3 is 2.90 bits per heavy atom. The minimum absolute atomic E-state index is 0.384. The molecule has 0 saturated carbocycles. The van der Waals surface area contributed by atoms with Crippen LogP contribution in [-0.4, -0.2) is 29.1 Å². The van der Waals surface area contributed by atoms with E-state index in [2.05, 4.69) is 41.1 Å². The zero-order valence-electron chi connectivity index (χ0n) is 12.5. The van der Waals surface area contributed by atoms with E-state index in [0.29, 0.717) is 6.10 Å². The lowest BCUT2D eigenvalue weighted by atomic mass is 10.2. The van der Waals surface area contributed by atoms with Gasteiger partial charge in [-0.15, -0.1) is 11.3 Å². The third-order valence-electron chi connectivity index (χ3n) is 3.77. The highest BCUT2D eigenvalue weighted by atomic mass is 32.1. The summed E-state index contributed by atoms with van der Waals surface area (Å²) in [6.45, 7) is 5.94. The Kier molecular flexibility index (Phi) is 5.01. The van der Waals surface area contributed by atoms with E-state index in [1.807, 2.05) is 23.6 Å². The van der Waals surface area contributed by atoms with Crippen LogP contribution in [0.3, 0.4) is 0 Å². The van der Waals surface area contributed by atoms with Gasteiger partial charge < -0.3 is 4.74 Å². The molecule has 1 aliphatic rings. The van der Waals surface area contributed by atoms with Crippen molar-refractivity contribution in [2.45, 2.75) is 39.0 Å². The molecule has 1 aliphatic heterocycles. The van der Waals surface area contributed by atoms with Gasteiger partial charge in [0, 0.05) is 42.2 Å². The predicted octanol–water partition coefficient (Wildman–Crippen LogP) is 3.63. The molecule has 0 bridgehead atoms. The number of ether oxygens (including phenoxy) is 1. The fourth-order valence-electron chi connectivity index (χ4n) is 2.77. The molecule has 0 radical (unpaired) electrons. The van der Waals surface area contributed by atoms with Gasteiger partial charge in [0.2, 0.25) is 0 Å². The SMILES string of the molecule is Cc1ccc(CN(Cc2ccccn2)C[C@H]2CCCO2)s1. The number of hydrogen-bond donors (Lipinski definition) is 0. The molecule has 2 aromatic heterocycles. The zero-order chi connectivity index (χ0) is 14.5. The molecule has 3 rings (SSSR count). The Balaban J connectivity index is 1.67. The quantitative estimate of drug-likeness (QED) is 0.814. The van der Waals surface area contributed by atoms with Gasteiger partial charge in [0.05, 0.1) is 11.8 Å². The van der Waals surface area contributed by atoms with Crippen LogP contribution in [-0.2, 0) is 17.8 Å². The molecule has 21 heavy (non-hydrogen) atoms. The first-order valence-corrected chi connectivity index (χ1v) is 8.40. The summed E-state index contributed by atoms with van der Waals surface area (Å²) in [7, 11) is 0. The first-order valence-electron chi connectivity index (χ1n) is 7.59. The molecule has 1 atom stereocenters. The molecule has 0 aromatic carbocycles. The van der Waals surface area contributed by atoms with Crippen LogP contribution < -0.4 is 0 Å². The molecule has 1 saturated heterocycles. The highest BCUT2D eigenvalue weighted by molar-refractivity contribution is 7.11. The van der Waals surface area contributed by atoms with Crippen molar-refractivity contribution >= 4 is 11.3 Å². The van der Waals surface area contributed by atoms with Gasteiger partial charge in [0.25, 0.3) is 0 Å². The van der Waals surface area contributed by atoms with E-state index in [9.17, 15) is 0 Å². The molecule has 112 valence electrons. The van der Waals surface area contributed by atoms with Crippen LogP contribution in [0.1, 0.15) is 28.3 Å². The standard InChI is InChI=1S/C17H22N2OS/c1-14-7-8-17(21-14)13-19(12-16-6-4-10-20-16)11-15-5-2-3-9-18-15/h2-3,5,7-9,16H,4,6,10-13H2,1H3/t16-/m1/s1. The Bertz CT molecular complexity index is 549. The summed E-state index contributed by atoms with van der Waals surface area (Å²) in [5, 5.41) is 0. The van der Waals surface area contributed by atoms with E-state index in [4.69, 9.17) is 4.74 Å². The monoisotopic (exact) mass is 302 g/mol. The topological polar surface area (TPSA) is 25.4 Å². The summed E-state index contributed by atoms with van der Waals surface area (Å²) in [6.07, 6.45) is 4.63. The predicted molar refractivity (Wildman–Crippen MR) is 86.4 cm³/mol. The van der Waals surface area contributed by atoms with Crippen molar-refractivity contribution in [1.82, 2.24) is 9.88 Å². The summed E-state index contributed by atoms with van der Waals surface area (Å²) in [5.74, 6) is 0. The number of aromatic nitrogens is 1. The zero-order valence-corrected chi connectivity index (χ0v) is 13.3. The molecule has 1 fully saturated rings. The Morgan fingerprint density at radius 2 is 2.24 bits per heavy atom. The summed E-state index contributed by atoms with van der Waals surface area (Å²) < 4.78 is 5.81. The van der Waals surface area contributed by atoms with E-state index < -0.39 is 0 Å². The van der Waals surface area contributed by atoms with Crippen molar-refractivity contribution in [3.05, 3.63) is 52.0 Å². The highest BCUT2D eigenvalue weighted by Gasteiger charge is 2.20. The molecule has 0 N–H and O–H groups in total. The molecule has 0 unspecified atom stereocenters. The van der Waals surface area contributed by atoms with Crippen LogP contribution in [0.2, 0.25) is 0 Å². The molecule has 0 aliphatic carbocycles. The average molecular weight is 302 g/mol. The van der Waals surface area contributed by atoms with Crippen LogP contribution in [0.15, 0.2) is 36.5 Å². The summed E-state index contributed by atoms with van der Waals surface area (Å²) >= 11 is 1.88. The van der Waals surface area contributed by atoms with Crippen LogP contribution in [0, 0.1) is 6.92 Å². The van der Waals surface area contributed by atoms with Crippen molar-refractivity contribution in [3.63, 3.8) is 0 Å². The lowest BCUT2D eigenvalue weighted by molar-refractivity contribution is 0.0678. The Labute approximate surface area is 130 Å². The highest BCUT2D eigenvalue weighted by Crippen LogP contribution is 2.20. The maximum atomic E-state index is 5.81. The number of aryl methyl sites for hydroxylation is 1. The van der Waals surface area contributed by atoms with E-state index in [-0.39, 0.29) is 0 Å². The fraction of sp³-hybridized carbons (Fsp3) is 0.471. The minimum Gasteiger partial charge on any atom is -0.377 e. The number of nitrogens with zero attached hydrogens (tertiary/aromatic N) is 2. The molecule has 4 heteroatoms. The number of thiophene rings is 1. The first-order chi connectivity index (χ1) is 10.3. The number of hydrogen-bond acceptors (Lipinski definition) is 4. The van der Waals surface area contributed by atoms with Gasteiger partial charge in [0.1, 0.15) is 0 Å². The van der Waals surface area contributed by atoms with Crippen LogP contribution in [0.4, 0.5) is 0 Å². The van der Waals surface area contributed by atoms with E-state index >= 15 is 0 Å². The van der Waals surface area contributed by atoms with Crippen molar-refractivity contribution in [2.75, 3.05) is 13.2 Å². The van der Waals surface area contributed by atoms with E-state index in [0.717, 1.165) is 31.9 Å². The lowest BCUT2D eigenvalue weighted by Gasteiger charge is -2.24. The largest absolute Gasteiger partial charge is 0.377 e. The fourth-order valence-corrected chi connectivity index (χ4v) is 3.71. The van der Waals surface area contributed by atoms with Gasteiger partial charge in [-0.1, -0.05) is 6.07 Å². The number of pyridine rings is 1. The summed E-state index contributed by atoms with van der Waals surface area (Å²) in [4.78, 5) is 9.72. The van der Waals surface area contributed by atoms with Gasteiger partial charge in [-0.25, -0.2) is 0 Å². The van der Waals surface area contributed by atoms with Crippen LogP contribution in [0.25, 0.3) is 0 Å². The smallest absolute Gasteiger partial charge is 0.0703 e. The van der Waals surface area contributed by atoms with Gasteiger partial charge in [-0.3, -0.25) is 9.88 Å². The average Bonchev–Trinajstić information content (AvgIpc) is 3.12. The second-order valence-corrected chi connectivity index (χ2v) is 7.01. The number of rotatable bonds is 6. The molecular formula is C17H22N2OS. The minimum atomic E-state index is 0.384. The molecule has 0 spiro atoms. The van der Waals surface area contributed by atoms with Crippen molar-refractivity contribution in [2.24, 2.45) is 0 Å². The second-order valence-electron chi connectivity index (χ2n) is 5.64. The third-order valence-corrected chi connectivity index (χ3v) is 4.76. The molecular weight excluding hydrogens is 280 g/mol. The van der Waals surface area contributed by atoms with Gasteiger partial charge >= 0.3 is 0 Å². The first kappa shape index (κ1) is 14.7. The van der Waals surface area contributed by atoms with E-state index in [1.54, 1.807) is 0 Å². The maximum Gasteiger partial charge on any atom is 0.0703 e. The molecule has 2 aromatic rings. The Hall–Kier alpha value is -1.23. The Morgan fingerprint density at radius 1 is 1.29 bits per heavy atom. The summed E-state index contributed by atoms with van der Waals surface area (Å²) in [5.41, 5.74) is 1.13. The van der Waals surface area contributed by atoms with E-state index in [1.165, 1.54) is 22.6 Å². The van der Waals surface area contributed by atoms with Crippen molar-refractivity contribution in [3.8, 4) is 0 Å². The third kappa shape index (κ3) is 4.37. The van der Waals surface area contributed by atoms with Gasteiger partial charge in [-0.05, 0) is 44.0 Å². The molecule has 0 amide bonds. The second kappa shape index (κ2) is 7.16. The van der Waals surface area contributed by atoms with Crippen molar-refractivity contribution < 1.29 is 4.74 Å². The molecule has 3 nitrogen and oxygen atoms in total. The van der Waals surface area contributed by atoms with Gasteiger partial charge in [-0.2, -0.15) is 0 Å².